The molecular formula is C25H33ClN2O3. The molecule has 5 nitrogen and oxygen atoms in total. The Hall–Kier alpha value is -2.53. The number of ether oxygens (including phenoxy) is 1. The molecule has 1 N–H and O–H groups in total. The van der Waals surface area contributed by atoms with Gasteiger partial charge in [-0.2, -0.15) is 0 Å². The second-order valence-electron chi connectivity index (χ2n) is 8.14. The van der Waals surface area contributed by atoms with E-state index in [1.54, 1.807) is 24.0 Å². The molecule has 0 fully saturated rings. The summed E-state index contributed by atoms with van der Waals surface area (Å²) in [6, 6.07) is 10.7. The van der Waals surface area contributed by atoms with Crippen molar-refractivity contribution >= 4 is 23.4 Å². The van der Waals surface area contributed by atoms with Crippen LogP contribution in [0, 0.1) is 20.8 Å². The first-order chi connectivity index (χ1) is 14.6. The minimum atomic E-state index is -0.638. The predicted molar refractivity (Wildman–Crippen MR) is 126 cm³/mol. The van der Waals surface area contributed by atoms with Gasteiger partial charge in [0.05, 0.1) is 0 Å². The van der Waals surface area contributed by atoms with Crippen molar-refractivity contribution in [3.05, 3.63) is 63.7 Å². The van der Waals surface area contributed by atoms with Crippen LogP contribution in [0.5, 0.6) is 5.75 Å². The van der Waals surface area contributed by atoms with E-state index >= 15 is 0 Å². The Kier molecular flexibility index (Phi) is 8.93. The van der Waals surface area contributed by atoms with E-state index in [9.17, 15) is 9.59 Å². The first-order valence-corrected chi connectivity index (χ1v) is 11.0. The lowest BCUT2D eigenvalue weighted by Crippen LogP contribution is -2.50. The van der Waals surface area contributed by atoms with Crippen molar-refractivity contribution in [1.29, 1.82) is 0 Å². The molecule has 0 spiro atoms. The third-order valence-corrected chi connectivity index (χ3v) is 5.80. The van der Waals surface area contributed by atoms with Crippen LogP contribution in [-0.2, 0) is 16.1 Å². The fourth-order valence-electron chi connectivity index (χ4n) is 3.21. The topological polar surface area (TPSA) is 58.6 Å². The second kappa shape index (κ2) is 11.2. The SMILES string of the molecule is CC[C@@H](C)NC(=O)[C@@H](C)N(Cc1ccc(Cl)cc1)C(=O)COc1cc(C)cc(C)c1C. The van der Waals surface area contributed by atoms with Gasteiger partial charge in [-0.25, -0.2) is 0 Å². The Morgan fingerprint density at radius 3 is 2.35 bits per heavy atom. The summed E-state index contributed by atoms with van der Waals surface area (Å²) in [7, 11) is 0. The van der Waals surface area contributed by atoms with Crippen LogP contribution in [0.25, 0.3) is 0 Å². The van der Waals surface area contributed by atoms with Crippen molar-refractivity contribution in [2.45, 2.75) is 66.6 Å². The maximum atomic E-state index is 13.2. The number of aryl methyl sites for hydroxylation is 2. The van der Waals surface area contributed by atoms with Crippen LogP contribution in [0.3, 0.4) is 0 Å². The Morgan fingerprint density at radius 2 is 1.74 bits per heavy atom. The molecule has 0 heterocycles. The lowest BCUT2D eigenvalue weighted by molar-refractivity contribution is -0.142. The first kappa shape index (κ1) is 24.7. The summed E-state index contributed by atoms with van der Waals surface area (Å²) >= 11 is 5.99. The van der Waals surface area contributed by atoms with E-state index in [0.717, 1.165) is 28.7 Å². The smallest absolute Gasteiger partial charge is 0.261 e. The number of hydrogen-bond acceptors (Lipinski definition) is 3. The van der Waals surface area contributed by atoms with Gasteiger partial charge in [-0.3, -0.25) is 9.59 Å². The van der Waals surface area contributed by atoms with Gasteiger partial charge in [-0.05, 0) is 81.5 Å². The van der Waals surface area contributed by atoms with Crippen molar-refractivity contribution in [2.75, 3.05) is 6.61 Å². The summed E-state index contributed by atoms with van der Waals surface area (Å²) in [5.74, 6) is 0.258. The normalized spacial score (nSPS) is 12.7. The second-order valence-corrected chi connectivity index (χ2v) is 8.57. The highest BCUT2D eigenvalue weighted by atomic mass is 35.5. The molecule has 6 heteroatoms. The fraction of sp³-hybridized carbons (Fsp3) is 0.440. The van der Waals surface area contributed by atoms with Crippen LogP contribution in [0.1, 0.15) is 49.4 Å². The molecule has 0 aliphatic rings. The minimum absolute atomic E-state index is 0.0385. The van der Waals surface area contributed by atoms with Gasteiger partial charge in [0.1, 0.15) is 11.8 Å². The van der Waals surface area contributed by atoms with Crippen molar-refractivity contribution < 1.29 is 14.3 Å². The van der Waals surface area contributed by atoms with E-state index < -0.39 is 6.04 Å². The number of amides is 2. The molecule has 2 atom stereocenters. The molecular weight excluding hydrogens is 412 g/mol. The predicted octanol–water partition coefficient (Wildman–Crippen LogP) is 4.98. The summed E-state index contributed by atoms with van der Waals surface area (Å²) in [5.41, 5.74) is 4.08. The van der Waals surface area contributed by atoms with Crippen LogP contribution in [-0.4, -0.2) is 35.4 Å². The number of rotatable bonds is 9. The standard InChI is InChI=1S/C25H33ClN2O3/c1-7-18(4)27-25(30)20(6)28(14-21-8-10-22(26)11-9-21)24(29)15-31-23-13-16(2)12-17(3)19(23)5/h8-13,18,20H,7,14-15H2,1-6H3,(H,27,30)/t18-,20-/m1/s1. The first-order valence-electron chi connectivity index (χ1n) is 10.7. The molecule has 31 heavy (non-hydrogen) atoms. The molecule has 0 aliphatic carbocycles. The average molecular weight is 445 g/mol. The highest BCUT2D eigenvalue weighted by Crippen LogP contribution is 2.23. The zero-order valence-corrected chi connectivity index (χ0v) is 20.0. The molecule has 168 valence electrons. The Morgan fingerprint density at radius 1 is 1.10 bits per heavy atom. The molecule has 0 radical (unpaired) electrons. The quantitative estimate of drug-likeness (QED) is 0.593. The summed E-state index contributed by atoms with van der Waals surface area (Å²) < 4.78 is 5.89. The summed E-state index contributed by atoms with van der Waals surface area (Å²) in [6.45, 7) is 11.8. The number of nitrogens with zero attached hydrogens (tertiary/aromatic N) is 1. The molecule has 0 saturated carbocycles. The highest BCUT2D eigenvalue weighted by molar-refractivity contribution is 6.30. The molecule has 2 aromatic carbocycles. The molecule has 2 aromatic rings. The number of carbonyl (C=O) groups excluding carboxylic acids is 2. The number of halogens is 1. The van der Waals surface area contributed by atoms with Gasteiger partial charge in [0, 0.05) is 17.6 Å². The zero-order valence-electron chi connectivity index (χ0n) is 19.3. The Labute approximate surface area is 190 Å². The van der Waals surface area contributed by atoms with E-state index in [1.807, 2.05) is 52.8 Å². The van der Waals surface area contributed by atoms with E-state index in [0.29, 0.717) is 17.3 Å². The van der Waals surface area contributed by atoms with Gasteiger partial charge in [0.25, 0.3) is 5.91 Å². The zero-order chi connectivity index (χ0) is 23.1. The van der Waals surface area contributed by atoms with Gasteiger partial charge >= 0.3 is 0 Å². The number of carbonyl (C=O) groups is 2. The van der Waals surface area contributed by atoms with Crippen LogP contribution in [0.15, 0.2) is 36.4 Å². The molecule has 2 amide bonds. The Bertz CT molecular complexity index is 912. The highest BCUT2D eigenvalue weighted by Gasteiger charge is 2.27. The Balaban J connectivity index is 2.20. The monoisotopic (exact) mass is 444 g/mol. The average Bonchev–Trinajstić information content (AvgIpc) is 2.73. The van der Waals surface area contributed by atoms with Crippen LogP contribution in [0.2, 0.25) is 5.02 Å². The largest absolute Gasteiger partial charge is 0.483 e. The van der Waals surface area contributed by atoms with E-state index in [1.165, 1.54) is 0 Å². The number of benzene rings is 2. The molecule has 2 rings (SSSR count). The minimum Gasteiger partial charge on any atom is -0.483 e. The summed E-state index contributed by atoms with van der Waals surface area (Å²) in [4.78, 5) is 27.5. The lowest BCUT2D eigenvalue weighted by Gasteiger charge is -2.29. The van der Waals surface area contributed by atoms with Gasteiger partial charge in [-0.15, -0.1) is 0 Å². The van der Waals surface area contributed by atoms with E-state index in [2.05, 4.69) is 11.4 Å². The maximum Gasteiger partial charge on any atom is 0.261 e. The number of nitrogens with one attached hydrogen (secondary N) is 1. The van der Waals surface area contributed by atoms with Crippen LogP contribution < -0.4 is 10.1 Å². The summed E-state index contributed by atoms with van der Waals surface area (Å²) in [5, 5.41) is 3.59. The third-order valence-electron chi connectivity index (χ3n) is 5.55. The maximum absolute atomic E-state index is 13.2. The molecule has 0 saturated heterocycles. The van der Waals surface area contributed by atoms with Crippen molar-refractivity contribution in [3.63, 3.8) is 0 Å². The van der Waals surface area contributed by atoms with Crippen molar-refractivity contribution in [2.24, 2.45) is 0 Å². The van der Waals surface area contributed by atoms with Crippen LogP contribution in [0.4, 0.5) is 0 Å². The van der Waals surface area contributed by atoms with Crippen molar-refractivity contribution in [3.8, 4) is 5.75 Å². The fourth-order valence-corrected chi connectivity index (χ4v) is 3.33. The van der Waals surface area contributed by atoms with Crippen molar-refractivity contribution in [1.82, 2.24) is 10.2 Å². The molecule has 0 unspecified atom stereocenters. The van der Waals surface area contributed by atoms with Gasteiger partial charge < -0.3 is 15.0 Å². The number of hydrogen-bond donors (Lipinski definition) is 1. The molecule has 0 aromatic heterocycles. The van der Waals surface area contributed by atoms with Gasteiger partial charge in [-0.1, -0.05) is 36.7 Å². The third kappa shape index (κ3) is 7.00. The molecule has 0 aliphatic heterocycles. The van der Waals surface area contributed by atoms with E-state index in [-0.39, 0.29) is 24.5 Å². The van der Waals surface area contributed by atoms with E-state index in [4.69, 9.17) is 16.3 Å². The van der Waals surface area contributed by atoms with Gasteiger partial charge in [0.15, 0.2) is 6.61 Å². The lowest BCUT2D eigenvalue weighted by atomic mass is 10.1. The van der Waals surface area contributed by atoms with Gasteiger partial charge in [0.2, 0.25) is 5.91 Å². The summed E-state index contributed by atoms with van der Waals surface area (Å²) in [6.07, 6.45) is 0.818. The molecule has 0 bridgehead atoms. The van der Waals surface area contributed by atoms with Crippen LogP contribution >= 0.6 is 11.6 Å².